The molecule has 2 N–H and O–H groups in total. The van der Waals surface area contributed by atoms with Crippen molar-refractivity contribution in [2.24, 2.45) is 0 Å². The van der Waals surface area contributed by atoms with Gasteiger partial charge in [-0.3, -0.25) is 0 Å². The average Bonchev–Trinajstić information content (AvgIpc) is 2.40. The van der Waals surface area contributed by atoms with Gasteiger partial charge < -0.3 is 15.4 Å². The number of piperidine rings is 1. The quantitative estimate of drug-likeness (QED) is 0.865. The van der Waals surface area contributed by atoms with Crippen molar-refractivity contribution in [1.82, 2.24) is 5.32 Å². The second kappa shape index (κ2) is 7.02. The third-order valence-electron chi connectivity index (χ3n) is 3.55. The fourth-order valence-electron chi connectivity index (χ4n) is 2.65. The molecule has 0 amide bonds. The van der Waals surface area contributed by atoms with Gasteiger partial charge in [-0.25, -0.2) is 0 Å². The molecule has 0 aliphatic carbocycles. The zero-order valence-electron chi connectivity index (χ0n) is 12.0. The highest BCUT2D eigenvalue weighted by Gasteiger charge is 2.30. The Kier molecular flexibility index (Phi) is 5.33. The zero-order valence-corrected chi connectivity index (χ0v) is 12.0. The van der Waals surface area contributed by atoms with Crippen LogP contribution in [0.25, 0.3) is 0 Å². The van der Waals surface area contributed by atoms with E-state index in [1.165, 1.54) is 31.4 Å². The van der Waals surface area contributed by atoms with Crippen molar-refractivity contribution in [2.75, 3.05) is 11.9 Å². The summed E-state index contributed by atoms with van der Waals surface area (Å²) >= 11 is 0. The molecular weight excluding hydrogens is 281 g/mol. The number of hydrogen-bond acceptors (Lipinski definition) is 3. The van der Waals surface area contributed by atoms with E-state index in [1.807, 2.05) is 0 Å². The van der Waals surface area contributed by atoms with E-state index in [0.29, 0.717) is 6.04 Å². The maximum atomic E-state index is 12.1. The third kappa shape index (κ3) is 5.83. The van der Waals surface area contributed by atoms with Gasteiger partial charge in [0.05, 0.1) is 0 Å². The van der Waals surface area contributed by atoms with E-state index < -0.39 is 6.36 Å². The molecular formula is C15H21F3N2O. The van der Waals surface area contributed by atoms with Gasteiger partial charge in [0.2, 0.25) is 0 Å². The van der Waals surface area contributed by atoms with Crippen LogP contribution in [0.4, 0.5) is 18.9 Å². The second-order valence-electron chi connectivity index (χ2n) is 5.50. The van der Waals surface area contributed by atoms with E-state index in [4.69, 9.17) is 0 Å². The lowest BCUT2D eigenvalue weighted by molar-refractivity contribution is -0.274. The number of nitrogens with one attached hydrogen (secondary N) is 2. The van der Waals surface area contributed by atoms with Crippen molar-refractivity contribution in [2.45, 2.75) is 51.1 Å². The van der Waals surface area contributed by atoms with Crippen LogP contribution in [0.3, 0.4) is 0 Å². The van der Waals surface area contributed by atoms with Gasteiger partial charge in [-0.1, -0.05) is 6.42 Å². The van der Waals surface area contributed by atoms with Gasteiger partial charge in [0.15, 0.2) is 0 Å². The molecule has 1 aromatic carbocycles. The molecule has 6 heteroatoms. The van der Waals surface area contributed by atoms with Gasteiger partial charge in [0, 0.05) is 17.8 Å². The first-order chi connectivity index (χ1) is 9.92. The molecule has 1 saturated heterocycles. The van der Waals surface area contributed by atoms with Crippen LogP contribution >= 0.6 is 0 Å². The number of hydrogen-bond donors (Lipinski definition) is 2. The predicted molar refractivity (Wildman–Crippen MR) is 76.5 cm³/mol. The molecule has 0 radical (unpaired) electrons. The molecule has 0 aromatic heterocycles. The molecule has 1 aliphatic heterocycles. The second-order valence-corrected chi connectivity index (χ2v) is 5.50. The standard InChI is InChI=1S/C15H21F3N2O/c1-11(10-13-4-2-3-9-19-13)20-12-5-7-14(8-6-12)21-15(16,17)18/h5-8,11,13,19-20H,2-4,9-10H2,1H3. The molecule has 1 aromatic rings. The van der Waals surface area contributed by atoms with E-state index in [2.05, 4.69) is 22.3 Å². The van der Waals surface area contributed by atoms with Gasteiger partial charge in [0.1, 0.15) is 5.75 Å². The van der Waals surface area contributed by atoms with Gasteiger partial charge in [-0.15, -0.1) is 13.2 Å². The van der Waals surface area contributed by atoms with Crippen molar-refractivity contribution in [3.63, 3.8) is 0 Å². The fourth-order valence-corrected chi connectivity index (χ4v) is 2.65. The highest BCUT2D eigenvalue weighted by molar-refractivity contribution is 5.47. The Morgan fingerprint density at radius 3 is 2.57 bits per heavy atom. The highest BCUT2D eigenvalue weighted by Crippen LogP contribution is 2.24. The van der Waals surface area contributed by atoms with Crippen molar-refractivity contribution in [1.29, 1.82) is 0 Å². The maximum absolute atomic E-state index is 12.1. The Morgan fingerprint density at radius 1 is 1.29 bits per heavy atom. The van der Waals surface area contributed by atoms with E-state index in [1.54, 1.807) is 12.1 Å². The Balaban J connectivity index is 1.81. The first-order valence-electron chi connectivity index (χ1n) is 7.28. The summed E-state index contributed by atoms with van der Waals surface area (Å²) in [5, 5.41) is 6.79. The Bertz CT molecular complexity index is 428. The normalized spacial score (nSPS) is 20.9. The van der Waals surface area contributed by atoms with Crippen LogP contribution in [0.15, 0.2) is 24.3 Å². The van der Waals surface area contributed by atoms with E-state index >= 15 is 0 Å². The van der Waals surface area contributed by atoms with Gasteiger partial charge in [-0.2, -0.15) is 0 Å². The molecule has 3 nitrogen and oxygen atoms in total. The number of ether oxygens (including phenoxy) is 1. The van der Waals surface area contributed by atoms with Crippen LogP contribution in [0, 0.1) is 0 Å². The monoisotopic (exact) mass is 302 g/mol. The molecule has 2 rings (SSSR count). The van der Waals surface area contributed by atoms with Crippen LogP contribution in [0.5, 0.6) is 5.75 Å². The summed E-state index contributed by atoms with van der Waals surface area (Å²) in [5.74, 6) is -0.199. The van der Waals surface area contributed by atoms with Crippen molar-refractivity contribution >= 4 is 5.69 Å². The smallest absolute Gasteiger partial charge is 0.406 e. The minimum absolute atomic E-state index is 0.199. The molecule has 21 heavy (non-hydrogen) atoms. The lowest BCUT2D eigenvalue weighted by Crippen LogP contribution is -2.37. The van der Waals surface area contributed by atoms with Crippen molar-refractivity contribution in [3.05, 3.63) is 24.3 Å². The van der Waals surface area contributed by atoms with Crippen LogP contribution in [0.1, 0.15) is 32.6 Å². The molecule has 0 saturated carbocycles. The molecule has 1 aliphatic rings. The van der Waals surface area contributed by atoms with Gasteiger partial charge >= 0.3 is 6.36 Å². The molecule has 1 fully saturated rings. The first kappa shape index (κ1) is 15.9. The summed E-state index contributed by atoms with van der Waals surface area (Å²) in [4.78, 5) is 0. The largest absolute Gasteiger partial charge is 0.573 e. The van der Waals surface area contributed by atoms with Crippen molar-refractivity contribution in [3.8, 4) is 5.75 Å². The first-order valence-corrected chi connectivity index (χ1v) is 7.28. The van der Waals surface area contributed by atoms with Crippen LogP contribution in [-0.2, 0) is 0 Å². The molecule has 2 atom stereocenters. The topological polar surface area (TPSA) is 33.3 Å². The van der Waals surface area contributed by atoms with E-state index in [0.717, 1.165) is 18.7 Å². The summed E-state index contributed by atoms with van der Waals surface area (Å²) in [7, 11) is 0. The summed E-state index contributed by atoms with van der Waals surface area (Å²) in [6.07, 6.45) is 0.0346. The SMILES string of the molecule is CC(CC1CCCCN1)Nc1ccc(OC(F)(F)F)cc1. The van der Waals surface area contributed by atoms with Gasteiger partial charge in [0.25, 0.3) is 0 Å². The Morgan fingerprint density at radius 2 is 2.00 bits per heavy atom. The average molecular weight is 302 g/mol. The van der Waals surface area contributed by atoms with Crippen LogP contribution in [-0.4, -0.2) is 25.0 Å². The third-order valence-corrected chi connectivity index (χ3v) is 3.55. The Labute approximate surface area is 122 Å². The molecule has 0 bridgehead atoms. The van der Waals surface area contributed by atoms with Crippen LogP contribution < -0.4 is 15.4 Å². The fraction of sp³-hybridized carbons (Fsp3) is 0.600. The molecule has 1 heterocycles. The number of rotatable bonds is 5. The summed E-state index contributed by atoms with van der Waals surface area (Å²) in [6, 6.07) is 6.63. The Hall–Kier alpha value is -1.43. The maximum Gasteiger partial charge on any atom is 0.573 e. The molecule has 2 unspecified atom stereocenters. The van der Waals surface area contributed by atoms with E-state index in [9.17, 15) is 13.2 Å². The number of halogens is 3. The predicted octanol–water partition coefficient (Wildman–Crippen LogP) is 3.92. The zero-order chi connectivity index (χ0) is 15.3. The van der Waals surface area contributed by atoms with Crippen molar-refractivity contribution < 1.29 is 17.9 Å². The molecule has 118 valence electrons. The minimum Gasteiger partial charge on any atom is -0.406 e. The summed E-state index contributed by atoms with van der Waals surface area (Å²) in [6.45, 7) is 3.15. The van der Waals surface area contributed by atoms with Crippen LogP contribution in [0.2, 0.25) is 0 Å². The highest BCUT2D eigenvalue weighted by atomic mass is 19.4. The lowest BCUT2D eigenvalue weighted by atomic mass is 9.99. The molecule has 0 spiro atoms. The number of alkyl halides is 3. The number of benzene rings is 1. The van der Waals surface area contributed by atoms with E-state index in [-0.39, 0.29) is 11.8 Å². The van der Waals surface area contributed by atoms with Gasteiger partial charge in [-0.05, 0) is 57.0 Å². The number of anilines is 1. The summed E-state index contributed by atoms with van der Waals surface area (Å²) in [5.41, 5.74) is 0.799. The lowest BCUT2D eigenvalue weighted by Gasteiger charge is -2.27. The minimum atomic E-state index is -4.64. The summed E-state index contributed by atoms with van der Waals surface area (Å²) < 4.78 is 40.0.